The molecule has 2 aromatic rings. The standard InChI is InChI=1S/C15H14ClNO4S/c1-21-15(18)11-6-8-13(9-7-11)17-22(19,20)10-12-4-2-3-5-14(12)16/h2-9,17H,10H2,1H3. The van der Waals surface area contributed by atoms with E-state index in [2.05, 4.69) is 9.46 Å². The molecule has 0 radical (unpaired) electrons. The maximum absolute atomic E-state index is 12.1. The molecule has 116 valence electrons. The Morgan fingerprint density at radius 2 is 1.77 bits per heavy atom. The van der Waals surface area contributed by atoms with Gasteiger partial charge < -0.3 is 4.74 Å². The Morgan fingerprint density at radius 3 is 2.36 bits per heavy atom. The summed E-state index contributed by atoms with van der Waals surface area (Å²) in [7, 11) is -2.32. The number of halogens is 1. The van der Waals surface area contributed by atoms with E-state index in [4.69, 9.17) is 11.6 Å². The van der Waals surface area contributed by atoms with Crippen LogP contribution in [0, 0.1) is 0 Å². The molecule has 5 nitrogen and oxygen atoms in total. The summed E-state index contributed by atoms with van der Waals surface area (Å²) in [6.07, 6.45) is 0. The van der Waals surface area contributed by atoms with Gasteiger partial charge in [0.2, 0.25) is 10.0 Å². The number of carbonyl (C=O) groups excluding carboxylic acids is 1. The average molecular weight is 340 g/mol. The van der Waals surface area contributed by atoms with Crippen molar-refractivity contribution in [1.82, 2.24) is 0 Å². The summed E-state index contributed by atoms with van der Waals surface area (Å²) >= 11 is 5.96. The monoisotopic (exact) mass is 339 g/mol. The SMILES string of the molecule is COC(=O)c1ccc(NS(=O)(=O)Cc2ccccc2Cl)cc1. The minimum atomic E-state index is -3.60. The lowest BCUT2D eigenvalue weighted by Gasteiger charge is -2.09. The number of esters is 1. The summed E-state index contributed by atoms with van der Waals surface area (Å²) < 4.78 is 31.3. The predicted molar refractivity (Wildman–Crippen MR) is 85.5 cm³/mol. The molecular weight excluding hydrogens is 326 g/mol. The van der Waals surface area contributed by atoms with E-state index < -0.39 is 16.0 Å². The van der Waals surface area contributed by atoms with Crippen LogP contribution < -0.4 is 4.72 Å². The van der Waals surface area contributed by atoms with Gasteiger partial charge in [0.05, 0.1) is 18.4 Å². The van der Waals surface area contributed by atoms with Crippen molar-refractivity contribution in [2.45, 2.75) is 5.75 Å². The fourth-order valence-corrected chi connectivity index (χ4v) is 3.34. The molecule has 22 heavy (non-hydrogen) atoms. The molecule has 1 N–H and O–H groups in total. The highest BCUT2D eigenvalue weighted by atomic mass is 35.5. The van der Waals surface area contributed by atoms with Crippen molar-refractivity contribution < 1.29 is 17.9 Å². The molecule has 0 amide bonds. The van der Waals surface area contributed by atoms with E-state index in [0.717, 1.165) is 0 Å². The van der Waals surface area contributed by atoms with Crippen LogP contribution >= 0.6 is 11.6 Å². The van der Waals surface area contributed by atoms with Crippen molar-refractivity contribution >= 4 is 33.3 Å². The van der Waals surface area contributed by atoms with Crippen molar-refractivity contribution in [2.24, 2.45) is 0 Å². The average Bonchev–Trinajstić information content (AvgIpc) is 2.49. The lowest BCUT2D eigenvalue weighted by molar-refractivity contribution is 0.0601. The first-order valence-electron chi connectivity index (χ1n) is 6.33. The molecule has 0 bridgehead atoms. The van der Waals surface area contributed by atoms with Crippen LogP contribution in [0.1, 0.15) is 15.9 Å². The van der Waals surface area contributed by atoms with E-state index in [0.29, 0.717) is 21.8 Å². The topological polar surface area (TPSA) is 72.5 Å². The van der Waals surface area contributed by atoms with Crippen molar-refractivity contribution in [3.8, 4) is 0 Å². The van der Waals surface area contributed by atoms with E-state index in [-0.39, 0.29) is 5.75 Å². The molecule has 0 saturated heterocycles. The number of nitrogens with one attached hydrogen (secondary N) is 1. The van der Waals surface area contributed by atoms with Gasteiger partial charge in [-0.1, -0.05) is 29.8 Å². The van der Waals surface area contributed by atoms with Gasteiger partial charge in [0.15, 0.2) is 0 Å². The maximum atomic E-state index is 12.1. The molecule has 0 unspecified atom stereocenters. The third kappa shape index (κ3) is 4.22. The number of methoxy groups -OCH3 is 1. The molecule has 0 fully saturated rings. The van der Waals surface area contributed by atoms with Crippen LogP contribution in [0.5, 0.6) is 0 Å². The maximum Gasteiger partial charge on any atom is 0.337 e. The zero-order valence-electron chi connectivity index (χ0n) is 11.7. The fourth-order valence-electron chi connectivity index (χ4n) is 1.83. The number of hydrogen-bond donors (Lipinski definition) is 1. The highest BCUT2D eigenvalue weighted by Crippen LogP contribution is 2.19. The highest BCUT2D eigenvalue weighted by Gasteiger charge is 2.14. The minimum Gasteiger partial charge on any atom is -0.465 e. The van der Waals surface area contributed by atoms with Gasteiger partial charge in [0.1, 0.15) is 0 Å². The predicted octanol–water partition coefficient (Wildman–Crippen LogP) is 3.07. The van der Waals surface area contributed by atoms with Crippen LogP contribution in [0.15, 0.2) is 48.5 Å². The second-order valence-electron chi connectivity index (χ2n) is 4.52. The Kier molecular flexibility index (Phi) is 5.05. The Hall–Kier alpha value is -2.05. The van der Waals surface area contributed by atoms with Crippen LogP contribution in [0.4, 0.5) is 5.69 Å². The lowest BCUT2D eigenvalue weighted by atomic mass is 10.2. The Bertz CT molecular complexity index is 772. The quantitative estimate of drug-likeness (QED) is 0.850. The zero-order valence-corrected chi connectivity index (χ0v) is 13.3. The van der Waals surface area contributed by atoms with Crippen LogP contribution in [0.25, 0.3) is 0 Å². The summed E-state index contributed by atoms with van der Waals surface area (Å²) in [5, 5.41) is 0.397. The zero-order chi connectivity index (χ0) is 16.2. The van der Waals surface area contributed by atoms with Crippen LogP contribution in [0.2, 0.25) is 5.02 Å². The second-order valence-corrected chi connectivity index (χ2v) is 6.65. The largest absolute Gasteiger partial charge is 0.465 e. The summed E-state index contributed by atoms with van der Waals surface area (Å²) in [6, 6.07) is 12.7. The molecule has 0 aromatic heterocycles. The Morgan fingerprint density at radius 1 is 1.14 bits per heavy atom. The summed E-state index contributed by atoms with van der Waals surface area (Å²) in [5.74, 6) is -0.712. The minimum absolute atomic E-state index is 0.231. The first-order valence-corrected chi connectivity index (χ1v) is 8.36. The molecule has 0 aliphatic heterocycles. The molecule has 0 spiro atoms. The number of carbonyl (C=O) groups is 1. The lowest BCUT2D eigenvalue weighted by Crippen LogP contribution is -2.15. The normalized spacial score (nSPS) is 11.0. The third-order valence-electron chi connectivity index (χ3n) is 2.88. The highest BCUT2D eigenvalue weighted by molar-refractivity contribution is 7.91. The van der Waals surface area contributed by atoms with Gasteiger partial charge in [-0.25, -0.2) is 13.2 Å². The molecule has 0 aliphatic rings. The van der Waals surface area contributed by atoms with Gasteiger partial charge in [-0.15, -0.1) is 0 Å². The van der Waals surface area contributed by atoms with Gasteiger partial charge in [0, 0.05) is 10.7 Å². The summed E-state index contributed by atoms with van der Waals surface area (Å²) in [4.78, 5) is 11.3. The van der Waals surface area contributed by atoms with Crippen molar-refractivity contribution in [2.75, 3.05) is 11.8 Å². The van der Waals surface area contributed by atoms with Crippen molar-refractivity contribution in [3.63, 3.8) is 0 Å². The number of hydrogen-bond acceptors (Lipinski definition) is 4. The van der Waals surface area contributed by atoms with Gasteiger partial charge in [0.25, 0.3) is 0 Å². The first kappa shape index (κ1) is 16.3. The van der Waals surface area contributed by atoms with Gasteiger partial charge in [-0.05, 0) is 35.9 Å². The van der Waals surface area contributed by atoms with Crippen molar-refractivity contribution in [3.05, 3.63) is 64.7 Å². The molecule has 0 aliphatic carbocycles. The van der Waals surface area contributed by atoms with E-state index in [1.165, 1.54) is 31.4 Å². The van der Waals surface area contributed by atoms with E-state index in [1.807, 2.05) is 0 Å². The number of anilines is 1. The summed E-state index contributed by atoms with van der Waals surface area (Å²) in [6.45, 7) is 0. The number of ether oxygens (including phenoxy) is 1. The van der Waals surface area contributed by atoms with Crippen molar-refractivity contribution in [1.29, 1.82) is 0 Å². The first-order chi connectivity index (χ1) is 10.4. The van der Waals surface area contributed by atoms with Gasteiger partial charge in [-0.2, -0.15) is 0 Å². The molecule has 2 aromatic carbocycles. The molecular formula is C15H14ClNO4S. The van der Waals surface area contributed by atoms with E-state index >= 15 is 0 Å². The van der Waals surface area contributed by atoms with Crippen LogP contribution in [0.3, 0.4) is 0 Å². The van der Waals surface area contributed by atoms with E-state index in [9.17, 15) is 13.2 Å². The molecule has 2 rings (SSSR count). The number of sulfonamides is 1. The number of rotatable bonds is 5. The fraction of sp³-hybridized carbons (Fsp3) is 0.133. The Labute approximate surface area is 133 Å². The molecule has 7 heteroatoms. The van der Waals surface area contributed by atoms with Crippen LogP contribution in [-0.4, -0.2) is 21.5 Å². The number of benzene rings is 2. The van der Waals surface area contributed by atoms with Gasteiger partial charge >= 0.3 is 5.97 Å². The molecule has 0 heterocycles. The van der Waals surface area contributed by atoms with E-state index in [1.54, 1.807) is 24.3 Å². The smallest absolute Gasteiger partial charge is 0.337 e. The second kappa shape index (κ2) is 6.81. The summed E-state index contributed by atoms with van der Waals surface area (Å²) in [5.41, 5.74) is 1.22. The third-order valence-corrected chi connectivity index (χ3v) is 4.49. The van der Waals surface area contributed by atoms with Gasteiger partial charge in [-0.3, -0.25) is 4.72 Å². The van der Waals surface area contributed by atoms with Crippen LogP contribution in [-0.2, 0) is 20.5 Å². The Balaban J connectivity index is 2.12. The molecule has 0 atom stereocenters. The molecule has 0 saturated carbocycles.